The van der Waals surface area contributed by atoms with Crippen molar-refractivity contribution >= 4 is 11.8 Å². The van der Waals surface area contributed by atoms with Gasteiger partial charge in [0.1, 0.15) is 0 Å². The second-order valence-electron chi connectivity index (χ2n) is 5.31. The van der Waals surface area contributed by atoms with E-state index in [0.717, 1.165) is 16.8 Å². The van der Waals surface area contributed by atoms with Gasteiger partial charge in [0.2, 0.25) is 0 Å². The van der Waals surface area contributed by atoms with Gasteiger partial charge in [-0.05, 0) is 38.3 Å². The van der Waals surface area contributed by atoms with E-state index in [1.165, 1.54) is 5.56 Å². The lowest BCUT2D eigenvalue weighted by Crippen LogP contribution is -2.44. The highest BCUT2D eigenvalue weighted by atomic mass is 16.6. The van der Waals surface area contributed by atoms with Crippen LogP contribution < -0.4 is 4.90 Å². The molecule has 0 aromatic heterocycles. The number of hydrogen-bond donors (Lipinski definition) is 1. The van der Waals surface area contributed by atoms with Crippen LogP contribution in [0.1, 0.15) is 23.1 Å². The van der Waals surface area contributed by atoms with Crippen molar-refractivity contribution in [3.63, 3.8) is 0 Å². The number of rotatable bonds is 3. The Bertz CT molecular complexity index is 461. The molecule has 1 aromatic rings. The summed E-state index contributed by atoms with van der Waals surface area (Å²) in [6.45, 7) is 7.22. The fourth-order valence-corrected chi connectivity index (χ4v) is 2.79. The average molecular weight is 263 g/mol. The van der Waals surface area contributed by atoms with Crippen LogP contribution in [0.15, 0.2) is 12.1 Å². The van der Waals surface area contributed by atoms with Crippen molar-refractivity contribution in [3.8, 4) is 0 Å². The molecule has 4 nitrogen and oxygen atoms in total. The fraction of sp³-hybridized carbons (Fsp3) is 0.533. The van der Waals surface area contributed by atoms with Crippen LogP contribution in [0.4, 0.5) is 10.5 Å². The molecule has 1 aromatic carbocycles. The first kappa shape index (κ1) is 13.9. The molecular weight excluding hydrogens is 242 g/mol. The standard InChI is InChI=1S/C15H21NO3/c1-10-6-11(2)14(12(3)7-10)16-8-13(4-5-17)9-19-15(16)18/h6-7,13,17H,4-5,8-9H2,1-3H3. The highest BCUT2D eigenvalue weighted by Crippen LogP contribution is 2.30. The van der Waals surface area contributed by atoms with Crippen molar-refractivity contribution in [3.05, 3.63) is 28.8 Å². The van der Waals surface area contributed by atoms with Gasteiger partial charge in [-0.3, -0.25) is 4.90 Å². The van der Waals surface area contributed by atoms with Crippen LogP contribution in [0.25, 0.3) is 0 Å². The van der Waals surface area contributed by atoms with Crippen LogP contribution in [0.2, 0.25) is 0 Å². The van der Waals surface area contributed by atoms with Crippen molar-refractivity contribution in [2.75, 3.05) is 24.7 Å². The molecule has 1 unspecified atom stereocenters. The molecule has 104 valence electrons. The summed E-state index contributed by atoms with van der Waals surface area (Å²) < 4.78 is 5.23. The van der Waals surface area contributed by atoms with E-state index in [2.05, 4.69) is 12.1 Å². The molecule has 0 saturated carbocycles. The van der Waals surface area contributed by atoms with Gasteiger partial charge in [0, 0.05) is 19.1 Å². The van der Waals surface area contributed by atoms with Crippen LogP contribution >= 0.6 is 0 Å². The van der Waals surface area contributed by atoms with Gasteiger partial charge in [-0.15, -0.1) is 0 Å². The van der Waals surface area contributed by atoms with Crippen molar-refractivity contribution in [1.82, 2.24) is 0 Å². The number of hydrogen-bond acceptors (Lipinski definition) is 3. The number of carbonyl (C=O) groups excluding carboxylic acids is 1. The molecule has 4 heteroatoms. The van der Waals surface area contributed by atoms with Crippen molar-refractivity contribution in [2.45, 2.75) is 27.2 Å². The third-order valence-corrected chi connectivity index (χ3v) is 3.55. The van der Waals surface area contributed by atoms with Gasteiger partial charge in [-0.25, -0.2) is 4.79 Å². The van der Waals surface area contributed by atoms with E-state index in [4.69, 9.17) is 9.84 Å². The zero-order valence-corrected chi connectivity index (χ0v) is 11.8. The first-order valence-electron chi connectivity index (χ1n) is 6.66. The number of aliphatic hydroxyl groups is 1. The van der Waals surface area contributed by atoms with E-state index in [-0.39, 0.29) is 18.6 Å². The topological polar surface area (TPSA) is 49.8 Å². The fourth-order valence-electron chi connectivity index (χ4n) is 2.79. The minimum Gasteiger partial charge on any atom is -0.449 e. The van der Waals surface area contributed by atoms with Crippen molar-refractivity contribution < 1.29 is 14.6 Å². The van der Waals surface area contributed by atoms with E-state index < -0.39 is 0 Å². The molecule has 0 aliphatic carbocycles. The summed E-state index contributed by atoms with van der Waals surface area (Å²) >= 11 is 0. The largest absolute Gasteiger partial charge is 0.449 e. The van der Waals surface area contributed by atoms with E-state index in [1.807, 2.05) is 20.8 Å². The molecule has 1 aliphatic heterocycles. The summed E-state index contributed by atoms with van der Waals surface area (Å²) in [5, 5.41) is 9.03. The van der Waals surface area contributed by atoms with E-state index in [0.29, 0.717) is 19.6 Å². The lowest BCUT2D eigenvalue weighted by molar-refractivity contribution is 0.104. The summed E-state index contributed by atoms with van der Waals surface area (Å²) in [4.78, 5) is 13.7. The Balaban J connectivity index is 2.31. The zero-order chi connectivity index (χ0) is 14.0. The molecule has 1 fully saturated rings. The summed E-state index contributed by atoms with van der Waals surface area (Å²) in [5.74, 6) is 0.197. The summed E-state index contributed by atoms with van der Waals surface area (Å²) in [5.41, 5.74) is 4.30. The van der Waals surface area contributed by atoms with Crippen LogP contribution in [-0.4, -0.2) is 31.0 Å². The maximum atomic E-state index is 12.0. The Labute approximate surface area is 114 Å². The van der Waals surface area contributed by atoms with Gasteiger partial charge in [0.15, 0.2) is 0 Å². The van der Waals surface area contributed by atoms with E-state index in [1.54, 1.807) is 4.90 Å². The number of aliphatic hydroxyl groups excluding tert-OH is 1. The Morgan fingerprint density at radius 3 is 2.53 bits per heavy atom. The number of amides is 1. The smallest absolute Gasteiger partial charge is 0.414 e. The van der Waals surface area contributed by atoms with E-state index in [9.17, 15) is 4.79 Å². The van der Waals surface area contributed by atoms with E-state index >= 15 is 0 Å². The number of carbonyl (C=O) groups is 1. The third kappa shape index (κ3) is 2.89. The van der Waals surface area contributed by atoms with Gasteiger partial charge >= 0.3 is 6.09 Å². The van der Waals surface area contributed by atoms with Crippen LogP contribution in [-0.2, 0) is 4.74 Å². The Morgan fingerprint density at radius 2 is 1.95 bits per heavy atom. The molecule has 0 spiro atoms. The number of anilines is 1. The first-order chi connectivity index (χ1) is 9.02. The quantitative estimate of drug-likeness (QED) is 0.911. The van der Waals surface area contributed by atoms with Gasteiger partial charge in [0.05, 0.1) is 12.3 Å². The third-order valence-electron chi connectivity index (χ3n) is 3.55. The Hall–Kier alpha value is -1.55. The highest BCUT2D eigenvalue weighted by Gasteiger charge is 2.29. The highest BCUT2D eigenvalue weighted by molar-refractivity contribution is 5.90. The minimum absolute atomic E-state index is 0.127. The monoisotopic (exact) mass is 263 g/mol. The molecule has 2 rings (SSSR count). The molecule has 0 bridgehead atoms. The van der Waals surface area contributed by atoms with Gasteiger partial charge in [-0.1, -0.05) is 17.7 Å². The van der Waals surface area contributed by atoms with Crippen molar-refractivity contribution in [1.29, 1.82) is 0 Å². The normalized spacial score (nSPS) is 19.5. The minimum atomic E-state index is -0.288. The molecule has 1 amide bonds. The summed E-state index contributed by atoms with van der Waals surface area (Å²) in [6, 6.07) is 4.15. The number of cyclic esters (lactones) is 1. The maximum Gasteiger partial charge on any atom is 0.414 e. The predicted octanol–water partition coefficient (Wildman–Crippen LogP) is 2.57. The molecule has 1 N–H and O–H groups in total. The first-order valence-corrected chi connectivity index (χ1v) is 6.66. The molecule has 1 heterocycles. The number of nitrogens with zero attached hydrogens (tertiary/aromatic N) is 1. The summed E-state index contributed by atoms with van der Waals surface area (Å²) in [6.07, 6.45) is 0.373. The van der Waals surface area contributed by atoms with Gasteiger partial charge < -0.3 is 9.84 Å². The molecule has 1 atom stereocenters. The van der Waals surface area contributed by atoms with Gasteiger partial charge in [0.25, 0.3) is 0 Å². The second kappa shape index (κ2) is 5.61. The van der Waals surface area contributed by atoms with Crippen LogP contribution in [0.3, 0.4) is 0 Å². The van der Waals surface area contributed by atoms with Crippen LogP contribution in [0, 0.1) is 26.7 Å². The van der Waals surface area contributed by atoms with Crippen molar-refractivity contribution in [2.24, 2.45) is 5.92 Å². The van der Waals surface area contributed by atoms with Crippen LogP contribution in [0.5, 0.6) is 0 Å². The zero-order valence-electron chi connectivity index (χ0n) is 11.8. The number of aryl methyl sites for hydroxylation is 3. The second-order valence-corrected chi connectivity index (χ2v) is 5.31. The Kier molecular flexibility index (Phi) is 4.10. The average Bonchev–Trinajstić information content (AvgIpc) is 2.32. The lowest BCUT2D eigenvalue weighted by Gasteiger charge is -2.33. The molecular formula is C15H21NO3. The van der Waals surface area contributed by atoms with Gasteiger partial charge in [-0.2, -0.15) is 0 Å². The Morgan fingerprint density at radius 1 is 1.32 bits per heavy atom. The lowest BCUT2D eigenvalue weighted by atomic mass is 10.0. The molecule has 1 aliphatic rings. The molecule has 0 radical (unpaired) electrons. The predicted molar refractivity (Wildman–Crippen MR) is 74.5 cm³/mol. The summed E-state index contributed by atoms with van der Waals surface area (Å²) in [7, 11) is 0. The number of ether oxygens (including phenoxy) is 1. The SMILES string of the molecule is Cc1cc(C)c(N2CC(CCO)COC2=O)c(C)c1. The molecule has 19 heavy (non-hydrogen) atoms. The maximum absolute atomic E-state index is 12.0. The molecule has 1 saturated heterocycles. The number of benzene rings is 1.